The number of nitrogens with one attached hydrogen (secondary N) is 1. The summed E-state index contributed by atoms with van der Waals surface area (Å²) in [5, 5.41) is 3.02. The first-order chi connectivity index (χ1) is 10.6. The van der Waals surface area contributed by atoms with Crippen LogP contribution in [0.15, 0.2) is 24.3 Å². The van der Waals surface area contributed by atoms with E-state index >= 15 is 0 Å². The van der Waals surface area contributed by atoms with Crippen LogP contribution in [0, 0.1) is 5.82 Å². The normalized spacial score (nSPS) is 17.3. The number of rotatable bonds is 7. The van der Waals surface area contributed by atoms with Gasteiger partial charge in [-0.05, 0) is 49.0 Å². The Kier molecular flexibility index (Phi) is 8.37. The monoisotopic (exact) mass is 360 g/mol. The standard InChI is InChI=1S/C17H25FN2OS.ClH/c1-22-11-8-15(19)16(21)20-12-17(9-2-3-10-17)13-4-6-14(18)7-5-13;/h4-7,15H,2-3,8-12,19H2,1H3,(H,20,21);1H/t15-;/m0./s1. The molecule has 0 saturated heterocycles. The van der Waals surface area contributed by atoms with Gasteiger partial charge in [0.1, 0.15) is 5.82 Å². The van der Waals surface area contributed by atoms with Gasteiger partial charge in [0.2, 0.25) is 5.91 Å². The van der Waals surface area contributed by atoms with Gasteiger partial charge in [-0.25, -0.2) is 4.39 Å². The molecule has 0 spiro atoms. The van der Waals surface area contributed by atoms with Gasteiger partial charge in [-0.15, -0.1) is 12.4 Å². The maximum Gasteiger partial charge on any atom is 0.236 e. The molecule has 3 nitrogen and oxygen atoms in total. The first-order valence-corrected chi connectivity index (χ1v) is 9.25. The molecule has 0 unspecified atom stereocenters. The Morgan fingerprint density at radius 1 is 1.35 bits per heavy atom. The smallest absolute Gasteiger partial charge is 0.236 e. The molecule has 0 bridgehead atoms. The quantitative estimate of drug-likeness (QED) is 0.784. The summed E-state index contributed by atoms with van der Waals surface area (Å²) in [7, 11) is 0. The fourth-order valence-corrected chi connectivity index (χ4v) is 3.68. The molecule has 0 aliphatic heterocycles. The van der Waals surface area contributed by atoms with Gasteiger partial charge in [-0.2, -0.15) is 11.8 Å². The van der Waals surface area contributed by atoms with Gasteiger partial charge in [0.15, 0.2) is 0 Å². The van der Waals surface area contributed by atoms with E-state index in [1.807, 2.05) is 18.4 Å². The Morgan fingerprint density at radius 3 is 2.52 bits per heavy atom. The number of nitrogens with two attached hydrogens (primary N) is 1. The van der Waals surface area contributed by atoms with Crippen molar-refractivity contribution in [2.75, 3.05) is 18.6 Å². The molecule has 0 radical (unpaired) electrons. The Labute approximate surface area is 148 Å². The number of thioether (sulfide) groups is 1. The van der Waals surface area contributed by atoms with Gasteiger partial charge in [-0.1, -0.05) is 25.0 Å². The summed E-state index contributed by atoms with van der Waals surface area (Å²) in [6.45, 7) is 0.588. The minimum atomic E-state index is -0.445. The van der Waals surface area contributed by atoms with Crippen LogP contribution in [0.25, 0.3) is 0 Å². The SMILES string of the molecule is CSCC[C@H](N)C(=O)NCC1(c2ccc(F)cc2)CCCC1.Cl. The zero-order valence-corrected chi connectivity index (χ0v) is 15.1. The molecular weight excluding hydrogens is 335 g/mol. The second kappa shape index (κ2) is 9.50. The van der Waals surface area contributed by atoms with Gasteiger partial charge in [-0.3, -0.25) is 4.79 Å². The van der Waals surface area contributed by atoms with E-state index < -0.39 is 6.04 Å². The first-order valence-electron chi connectivity index (χ1n) is 7.86. The summed E-state index contributed by atoms with van der Waals surface area (Å²) >= 11 is 1.69. The second-order valence-electron chi connectivity index (χ2n) is 6.10. The molecule has 2 rings (SSSR count). The average Bonchev–Trinajstić information content (AvgIpc) is 3.01. The Morgan fingerprint density at radius 2 is 1.96 bits per heavy atom. The van der Waals surface area contributed by atoms with Gasteiger partial charge >= 0.3 is 0 Å². The summed E-state index contributed by atoms with van der Waals surface area (Å²) < 4.78 is 13.1. The summed E-state index contributed by atoms with van der Waals surface area (Å²) in [5.74, 6) is 0.583. The highest BCUT2D eigenvalue weighted by Gasteiger charge is 2.36. The predicted octanol–water partition coefficient (Wildman–Crippen LogP) is 3.26. The average molecular weight is 361 g/mol. The summed E-state index contributed by atoms with van der Waals surface area (Å²) in [4.78, 5) is 12.1. The van der Waals surface area contributed by atoms with Crippen LogP contribution in [0.3, 0.4) is 0 Å². The van der Waals surface area contributed by atoms with Crippen molar-refractivity contribution in [2.45, 2.75) is 43.6 Å². The van der Waals surface area contributed by atoms with Gasteiger partial charge in [0.05, 0.1) is 6.04 Å². The Hall–Kier alpha value is -0.780. The van der Waals surface area contributed by atoms with Crippen LogP contribution in [-0.2, 0) is 10.2 Å². The van der Waals surface area contributed by atoms with Gasteiger partial charge in [0, 0.05) is 12.0 Å². The van der Waals surface area contributed by atoms with E-state index in [9.17, 15) is 9.18 Å². The predicted molar refractivity (Wildman–Crippen MR) is 97.8 cm³/mol. The van der Waals surface area contributed by atoms with Crippen molar-refractivity contribution in [1.82, 2.24) is 5.32 Å². The third kappa shape index (κ3) is 5.37. The van der Waals surface area contributed by atoms with Crippen molar-refractivity contribution in [2.24, 2.45) is 5.73 Å². The highest BCUT2D eigenvalue weighted by molar-refractivity contribution is 7.98. The van der Waals surface area contributed by atoms with E-state index in [2.05, 4.69) is 5.32 Å². The van der Waals surface area contributed by atoms with E-state index in [-0.39, 0.29) is 29.5 Å². The molecule has 1 amide bonds. The van der Waals surface area contributed by atoms with E-state index in [4.69, 9.17) is 5.73 Å². The van der Waals surface area contributed by atoms with Crippen molar-refractivity contribution < 1.29 is 9.18 Å². The molecule has 1 aromatic carbocycles. The Balaban J connectivity index is 0.00000264. The van der Waals surface area contributed by atoms with E-state index in [1.165, 1.54) is 12.1 Å². The number of hydrogen-bond donors (Lipinski definition) is 2. The van der Waals surface area contributed by atoms with E-state index in [0.717, 1.165) is 37.0 Å². The number of benzene rings is 1. The molecule has 1 fully saturated rings. The zero-order chi connectivity index (χ0) is 16.0. The third-order valence-corrected chi connectivity index (χ3v) is 5.23. The molecule has 1 atom stereocenters. The lowest BCUT2D eigenvalue weighted by Gasteiger charge is -2.30. The summed E-state index contributed by atoms with van der Waals surface area (Å²) in [5.41, 5.74) is 6.96. The van der Waals surface area contributed by atoms with Crippen LogP contribution >= 0.6 is 24.2 Å². The van der Waals surface area contributed by atoms with Gasteiger partial charge in [0.25, 0.3) is 0 Å². The molecular formula is C17H26ClFN2OS. The summed E-state index contributed by atoms with van der Waals surface area (Å²) in [6, 6.07) is 6.25. The van der Waals surface area contributed by atoms with Gasteiger partial charge < -0.3 is 11.1 Å². The number of hydrogen-bond acceptors (Lipinski definition) is 3. The van der Waals surface area contributed by atoms with Crippen LogP contribution in [0.1, 0.15) is 37.7 Å². The fraction of sp³-hybridized carbons (Fsp3) is 0.588. The number of carbonyl (C=O) groups is 1. The van der Waals surface area contributed by atoms with Crippen LogP contribution in [0.5, 0.6) is 0 Å². The zero-order valence-electron chi connectivity index (χ0n) is 13.5. The van der Waals surface area contributed by atoms with E-state index in [0.29, 0.717) is 13.0 Å². The maximum atomic E-state index is 13.1. The maximum absolute atomic E-state index is 13.1. The molecule has 23 heavy (non-hydrogen) atoms. The van der Waals surface area contributed by atoms with Crippen molar-refractivity contribution in [3.63, 3.8) is 0 Å². The minimum absolute atomic E-state index is 0. The molecule has 0 aromatic heterocycles. The minimum Gasteiger partial charge on any atom is -0.354 e. The Bertz CT molecular complexity index is 492. The fourth-order valence-electron chi connectivity index (χ4n) is 3.19. The van der Waals surface area contributed by atoms with Crippen LogP contribution < -0.4 is 11.1 Å². The molecule has 130 valence electrons. The largest absolute Gasteiger partial charge is 0.354 e. The number of amides is 1. The lowest BCUT2D eigenvalue weighted by atomic mass is 9.78. The molecule has 1 saturated carbocycles. The van der Waals surface area contributed by atoms with Crippen molar-refractivity contribution >= 4 is 30.1 Å². The first kappa shape index (κ1) is 20.3. The van der Waals surface area contributed by atoms with Crippen molar-refractivity contribution in [3.8, 4) is 0 Å². The highest BCUT2D eigenvalue weighted by atomic mass is 35.5. The second-order valence-corrected chi connectivity index (χ2v) is 7.09. The topological polar surface area (TPSA) is 55.1 Å². The lowest BCUT2D eigenvalue weighted by molar-refractivity contribution is -0.122. The van der Waals surface area contributed by atoms with Crippen molar-refractivity contribution in [1.29, 1.82) is 0 Å². The van der Waals surface area contributed by atoms with Crippen LogP contribution in [0.4, 0.5) is 4.39 Å². The van der Waals surface area contributed by atoms with E-state index in [1.54, 1.807) is 11.8 Å². The highest BCUT2D eigenvalue weighted by Crippen LogP contribution is 2.40. The molecule has 1 aromatic rings. The number of carbonyl (C=O) groups excluding carboxylic acids is 1. The van der Waals surface area contributed by atoms with Crippen molar-refractivity contribution in [3.05, 3.63) is 35.6 Å². The summed E-state index contributed by atoms with van der Waals surface area (Å²) in [6.07, 6.45) is 7.04. The molecule has 0 heterocycles. The third-order valence-electron chi connectivity index (χ3n) is 4.59. The van der Waals surface area contributed by atoms with Crippen LogP contribution in [0.2, 0.25) is 0 Å². The molecule has 1 aliphatic rings. The van der Waals surface area contributed by atoms with Crippen LogP contribution in [-0.4, -0.2) is 30.5 Å². The molecule has 1 aliphatic carbocycles. The molecule has 6 heteroatoms. The lowest BCUT2D eigenvalue weighted by Crippen LogP contribution is -2.46. The molecule has 3 N–H and O–H groups in total. The number of halogens is 2.